The SMILES string of the molecule is CO[C@]12CC[C@](C)(C=C[C@@]1(O)C(C)C)C2. The van der Waals surface area contributed by atoms with E-state index in [9.17, 15) is 5.11 Å². The maximum atomic E-state index is 10.8. The maximum Gasteiger partial charge on any atom is 0.114 e. The van der Waals surface area contributed by atoms with Gasteiger partial charge in [-0.15, -0.1) is 0 Å². The van der Waals surface area contributed by atoms with Crippen LogP contribution in [0.3, 0.4) is 0 Å². The van der Waals surface area contributed by atoms with Crippen LogP contribution in [0.4, 0.5) is 0 Å². The normalized spacial score (nSPS) is 48.9. The highest BCUT2D eigenvalue weighted by atomic mass is 16.5. The molecule has 2 heteroatoms. The van der Waals surface area contributed by atoms with Crippen LogP contribution in [-0.4, -0.2) is 23.4 Å². The fraction of sp³-hybridized carbons (Fsp3) is 0.846. The van der Waals surface area contributed by atoms with Gasteiger partial charge in [-0.2, -0.15) is 0 Å². The van der Waals surface area contributed by atoms with Gasteiger partial charge in [-0.05, 0) is 30.6 Å². The van der Waals surface area contributed by atoms with Crippen LogP contribution < -0.4 is 0 Å². The Morgan fingerprint density at radius 3 is 2.47 bits per heavy atom. The minimum Gasteiger partial charge on any atom is -0.382 e. The van der Waals surface area contributed by atoms with Gasteiger partial charge < -0.3 is 9.84 Å². The summed E-state index contributed by atoms with van der Waals surface area (Å²) in [5.74, 6) is 0.191. The van der Waals surface area contributed by atoms with E-state index in [1.165, 1.54) is 0 Å². The number of fused-ring (bicyclic) bond motifs is 2. The van der Waals surface area contributed by atoms with Gasteiger partial charge in [0.2, 0.25) is 0 Å². The Bertz CT molecular complexity index is 297. The first-order valence-electron chi connectivity index (χ1n) is 5.85. The predicted molar refractivity (Wildman–Crippen MR) is 60.6 cm³/mol. The van der Waals surface area contributed by atoms with Gasteiger partial charge in [0.25, 0.3) is 0 Å². The standard InChI is InChI=1S/C13H22O2/c1-10(2)13(14)8-6-11(3)5-7-12(13,9-11)15-4/h6,8,10,14H,5,7,9H2,1-4H3/t11-,12+,13-/m1/s1. The Labute approximate surface area is 92.3 Å². The molecule has 0 aromatic heterocycles. The van der Waals surface area contributed by atoms with E-state index in [0.717, 1.165) is 19.3 Å². The number of aliphatic hydroxyl groups is 1. The third kappa shape index (κ3) is 1.31. The van der Waals surface area contributed by atoms with E-state index in [1.807, 2.05) is 6.08 Å². The highest BCUT2D eigenvalue weighted by Gasteiger charge is 2.60. The second-order valence-electron chi connectivity index (χ2n) is 5.84. The van der Waals surface area contributed by atoms with Crippen molar-refractivity contribution in [3.05, 3.63) is 12.2 Å². The van der Waals surface area contributed by atoms with Gasteiger partial charge in [0.1, 0.15) is 11.2 Å². The molecule has 86 valence electrons. The average Bonchev–Trinajstić information content (AvgIpc) is 2.50. The smallest absolute Gasteiger partial charge is 0.114 e. The minimum atomic E-state index is -0.794. The van der Waals surface area contributed by atoms with Gasteiger partial charge in [0.05, 0.1) is 0 Å². The molecule has 2 aliphatic rings. The molecule has 0 aliphatic heterocycles. The molecule has 2 rings (SSSR count). The van der Waals surface area contributed by atoms with Crippen LogP contribution in [0, 0.1) is 11.3 Å². The van der Waals surface area contributed by atoms with Gasteiger partial charge in [0, 0.05) is 7.11 Å². The van der Waals surface area contributed by atoms with Gasteiger partial charge in [-0.3, -0.25) is 0 Å². The monoisotopic (exact) mass is 210 g/mol. The van der Waals surface area contributed by atoms with Crippen LogP contribution in [0.15, 0.2) is 12.2 Å². The van der Waals surface area contributed by atoms with Crippen molar-refractivity contribution in [2.45, 2.75) is 51.2 Å². The summed E-state index contributed by atoms with van der Waals surface area (Å²) in [5.41, 5.74) is -0.917. The van der Waals surface area contributed by atoms with Gasteiger partial charge in [0.15, 0.2) is 0 Å². The third-order valence-corrected chi connectivity index (χ3v) is 4.53. The zero-order valence-electron chi connectivity index (χ0n) is 10.2. The molecule has 0 aromatic rings. The van der Waals surface area contributed by atoms with Gasteiger partial charge >= 0.3 is 0 Å². The molecule has 0 spiro atoms. The molecule has 3 atom stereocenters. The molecule has 0 amide bonds. The zero-order valence-corrected chi connectivity index (χ0v) is 10.2. The molecule has 1 saturated carbocycles. The lowest BCUT2D eigenvalue weighted by Crippen LogP contribution is -2.57. The molecule has 2 nitrogen and oxygen atoms in total. The number of methoxy groups -OCH3 is 1. The average molecular weight is 210 g/mol. The second kappa shape index (κ2) is 3.08. The Hall–Kier alpha value is -0.340. The van der Waals surface area contributed by atoms with E-state index in [1.54, 1.807) is 7.11 Å². The van der Waals surface area contributed by atoms with Crippen LogP contribution >= 0.6 is 0 Å². The van der Waals surface area contributed by atoms with E-state index in [-0.39, 0.29) is 16.9 Å². The fourth-order valence-corrected chi connectivity index (χ4v) is 3.34. The lowest BCUT2D eigenvalue weighted by atomic mass is 9.67. The van der Waals surface area contributed by atoms with Crippen LogP contribution in [0.2, 0.25) is 0 Å². The number of ether oxygens (including phenoxy) is 1. The molecule has 1 fully saturated rings. The molecule has 2 bridgehead atoms. The summed E-state index contributed by atoms with van der Waals surface area (Å²) in [6, 6.07) is 0. The molecule has 0 saturated heterocycles. The zero-order chi connectivity index (χ0) is 11.3. The Morgan fingerprint density at radius 2 is 1.93 bits per heavy atom. The summed E-state index contributed by atoms with van der Waals surface area (Å²) < 4.78 is 5.71. The van der Waals surface area contributed by atoms with Crippen LogP contribution in [-0.2, 0) is 4.74 Å². The van der Waals surface area contributed by atoms with Crippen LogP contribution in [0.5, 0.6) is 0 Å². The van der Waals surface area contributed by atoms with Gasteiger partial charge in [-0.25, -0.2) is 0 Å². The summed E-state index contributed by atoms with van der Waals surface area (Å²) in [6.45, 7) is 6.38. The summed E-state index contributed by atoms with van der Waals surface area (Å²) in [5, 5.41) is 10.8. The van der Waals surface area contributed by atoms with E-state index >= 15 is 0 Å². The molecular weight excluding hydrogens is 188 g/mol. The first-order chi connectivity index (χ1) is 6.88. The lowest BCUT2D eigenvalue weighted by Gasteiger charge is -2.48. The molecule has 0 heterocycles. The van der Waals surface area contributed by atoms with Gasteiger partial charge in [-0.1, -0.05) is 32.9 Å². The topological polar surface area (TPSA) is 29.5 Å². The van der Waals surface area contributed by atoms with E-state index in [0.29, 0.717) is 0 Å². The molecule has 2 aliphatic carbocycles. The highest BCUT2D eigenvalue weighted by Crippen LogP contribution is 2.57. The van der Waals surface area contributed by atoms with Crippen molar-refractivity contribution in [2.24, 2.45) is 11.3 Å². The molecular formula is C13H22O2. The van der Waals surface area contributed by atoms with Crippen molar-refractivity contribution >= 4 is 0 Å². The Balaban J connectivity index is 2.46. The number of allylic oxidation sites excluding steroid dienone is 1. The van der Waals surface area contributed by atoms with Crippen molar-refractivity contribution in [3.8, 4) is 0 Å². The molecule has 0 aromatic carbocycles. The first kappa shape index (κ1) is 11.2. The second-order valence-corrected chi connectivity index (χ2v) is 5.84. The largest absolute Gasteiger partial charge is 0.382 e. The van der Waals surface area contributed by atoms with Crippen molar-refractivity contribution < 1.29 is 9.84 Å². The van der Waals surface area contributed by atoms with Crippen LogP contribution in [0.1, 0.15) is 40.0 Å². The predicted octanol–water partition coefficient (Wildman–Crippen LogP) is 2.52. The van der Waals surface area contributed by atoms with E-state index in [4.69, 9.17) is 4.74 Å². The van der Waals surface area contributed by atoms with Crippen molar-refractivity contribution in [2.75, 3.05) is 7.11 Å². The fourth-order valence-electron chi connectivity index (χ4n) is 3.34. The summed E-state index contributed by atoms with van der Waals surface area (Å²) in [4.78, 5) is 0. The third-order valence-electron chi connectivity index (χ3n) is 4.53. The molecule has 1 N–H and O–H groups in total. The maximum absolute atomic E-state index is 10.8. The molecule has 0 radical (unpaired) electrons. The number of rotatable bonds is 2. The van der Waals surface area contributed by atoms with E-state index < -0.39 is 5.60 Å². The summed E-state index contributed by atoms with van der Waals surface area (Å²) in [6.07, 6.45) is 7.20. The number of hydrogen-bond donors (Lipinski definition) is 1. The quantitative estimate of drug-likeness (QED) is 0.710. The lowest BCUT2D eigenvalue weighted by molar-refractivity contribution is -0.168. The minimum absolute atomic E-state index is 0.191. The summed E-state index contributed by atoms with van der Waals surface area (Å²) >= 11 is 0. The number of hydrogen-bond acceptors (Lipinski definition) is 2. The Morgan fingerprint density at radius 1 is 1.27 bits per heavy atom. The summed E-state index contributed by atoms with van der Waals surface area (Å²) in [7, 11) is 1.73. The van der Waals surface area contributed by atoms with Crippen molar-refractivity contribution in [3.63, 3.8) is 0 Å². The first-order valence-corrected chi connectivity index (χ1v) is 5.85. The Kier molecular flexibility index (Phi) is 2.29. The molecule has 15 heavy (non-hydrogen) atoms. The van der Waals surface area contributed by atoms with Crippen molar-refractivity contribution in [1.29, 1.82) is 0 Å². The highest BCUT2D eigenvalue weighted by molar-refractivity contribution is 5.27. The molecule has 0 unspecified atom stereocenters. The van der Waals surface area contributed by atoms with Crippen molar-refractivity contribution in [1.82, 2.24) is 0 Å². The van der Waals surface area contributed by atoms with E-state index in [2.05, 4.69) is 26.8 Å². The van der Waals surface area contributed by atoms with Crippen LogP contribution in [0.25, 0.3) is 0 Å².